The van der Waals surface area contributed by atoms with E-state index in [1.165, 1.54) is 16.7 Å². The molecule has 30 heavy (non-hydrogen) atoms. The van der Waals surface area contributed by atoms with Gasteiger partial charge in [0.25, 0.3) is 0 Å². The van der Waals surface area contributed by atoms with E-state index in [0.29, 0.717) is 19.1 Å². The number of halogens is 2. The smallest absolute Gasteiger partial charge is 0.119 e. The molecule has 0 radical (unpaired) electrons. The standard InChI is InChI=1S/C25H30N2O.2ClH/c1-17(2)14-24-22(15-26)25(20-12-10-18(3)11-13-20)23(19(4)27-24)16-28-21-8-6-5-7-9-21;;/h5-13,17H,14-16,26H2,1-4H3;2*1H. The Morgan fingerprint density at radius 2 is 1.53 bits per heavy atom. The third-order valence-electron chi connectivity index (χ3n) is 4.96. The lowest BCUT2D eigenvalue weighted by Gasteiger charge is -2.21. The molecule has 0 amide bonds. The lowest BCUT2D eigenvalue weighted by Crippen LogP contribution is -2.14. The Labute approximate surface area is 192 Å². The van der Waals surface area contributed by atoms with Crippen molar-refractivity contribution in [2.75, 3.05) is 0 Å². The Hall–Kier alpha value is -2.07. The van der Waals surface area contributed by atoms with Crippen molar-refractivity contribution in [2.45, 2.75) is 47.3 Å². The zero-order valence-electron chi connectivity index (χ0n) is 18.1. The highest BCUT2D eigenvalue weighted by atomic mass is 35.5. The van der Waals surface area contributed by atoms with Gasteiger partial charge in [-0.25, -0.2) is 0 Å². The highest BCUT2D eigenvalue weighted by molar-refractivity contribution is 5.85. The summed E-state index contributed by atoms with van der Waals surface area (Å²) in [5.74, 6) is 1.38. The molecule has 2 N–H and O–H groups in total. The predicted octanol–water partition coefficient (Wildman–Crippen LogP) is 6.45. The van der Waals surface area contributed by atoms with Crippen LogP contribution in [0.3, 0.4) is 0 Å². The van der Waals surface area contributed by atoms with Crippen LogP contribution in [0, 0.1) is 19.8 Å². The summed E-state index contributed by atoms with van der Waals surface area (Å²) in [6.07, 6.45) is 0.923. The molecule has 162 valence electrons. The molecule has 0 bridgehead atoms. The third-order valence-corrected chi connectivity index (χ3v) is 4.96. The van der Waals surface area contributed by atoms with Crippen molar-refractivity contribution in [3.63, 3.8) is 0 Å². The Balaban J connectivity index is 0.00000225. The van der Waals surface area contributed by atoms with Gasteiger partial charge in [0.2, 0.25) is 0 Å². The minimum atomic E-state index is 0. The lowest BCUT2D eigenvalue weighted by molar-refractivity contribution is 0.305. The highest BCUT2D eigenvalue weighted by Gasteiger charge is 2.19. The van der Waals surface area contributed by atoms with Gasteiger partial charge in [0.15, 0.2) is 0 Å². The van der Waals surface area contributed by atoms with Gasteiger partial charge in [0.1, 0.15) is 12.4 Å². The molecular formula is C25H32Cl2N2O. The summed E-state index contributed by atoms with van der Waals surface area (Å²) >= 11 is 0. The Bertz CT molecular complexity index is 926. The zero-order valence-corrected chi connectivity index (χ0v) is 19.8. The Kier molecular flexibility index (Phi) is 10.3. The largest absolute Gasteiger partial charge is 0.489 e. The number of nitrogens with zero attached hydrogens (tertiary/aromatic N) is 1. The van der Waals surface area contributed by atoms with Crippen LogP contribution < -0.4 is 10.5 Å². The summed E-state index contributed by atoms with van der Waals surface area (Å²) in [6, 6.07) is 18.6. The molecule has 0 spiro atoms. The van der Waals surface area contributed by atoms with Crippen molar-refractivity contribution in [1.82, 2.24) is 4.98 Å². The number of para-hydroxylation sites is 1. The average molecular weight is 447 g/mol. The van der Waals surface area contributed by atoms with Gasteiger partial charge in [-0.05, 0) is 55.0 Å². The SMILES string of the molecule is Cc1ccc(-c2c(COc3ccccc3)c(C)nc(CC(C)C)c2CN)cc1.Cl.Cl. The first-order chi connectivity index (χ1) is 13.5. The van der Waals surface area contributed by atoms with E-state index in [2.05, 4.69) is 52.0 Å². The van der Waals surface area contributed by atoms with Crippen LogP contribution >= 0.6 is 24.8 Å². The van der Waals surface area contributed by atoms with E-state index in [1.807, 2.05) is 30.3 Å². The first kappa shape index (κ1) is 26.0. The van der Waals surface area contributed by atoms with E-state index >= 15 is 0 Å². The first-order valence-corrected chi connectivity index (χ1v) is 9.95. The summed E-state index contributed by atoms with van der Waals surface area (Å²) in [5.41, 5.74) is 14.2. The van der Waals surface area contributed by atoms with Gasteiger partial charge in [-0.15, -0.1) is 24.8 Å². The molecule has 5 heteroatoms. The van der Waals surface area contributed by atoms with Gasteiger partial charge in [-0.2, -0.15) is 0 Å². The van der Waals surface area contributed by atoms with Crippen LogP contribution in [-0.4, -0.2) is 4.98 Å². The molecule has 1 heterocycles. The van der Waals surface area contributed by atoms with E-state index < -0.39 is 0 Å². The first-order valence-electron chi connectivity index (χ1n) is 9.95. The second-order valence-corrected chi connectivity index (χ2v) is 7.75. The molecular weight excluding hydrogens is 415 g/mol. The number of aryl methyl sites for hydroxylation is 2. The van der Waals surface area contributed by atoms with E-state index in [0.717, 1.165) is 34.7 Å². The molecule has 0 saturated carbocycles. The molecule has 0 aliphatic rings. The molecule has 3 rings (SSSR count). The molecule has 0 aliphatic heterocycles. The average Bonchev–Trinajstić information content (AvgIpc) is 2.68. The minimum absolute atomic E-state index is 0. The summed E-state index contributed by atoms with van der Waals surface area (Å²) in [4.78, 5) is 4.94. The predicted molar refractivity (Wildman–Crippen MR) is 131 cm³/mol. The van der Waals surface area contributed by atoms with Gasteiger partial charge >= 0.3 is 0 Å². The molecule has 0 aliphatic carbocycles. The lowest BCUT2D eigenvalue weighted by atomic mass is 9.90. The minimum Gasteiger partial charge on any atom is -0.489 e. The monoisotopic (exact) mass is 446 g/mol. The molecule has 0 saturated heterocycles. The number of rotatable bonds is 7. The fourth-order valence-corrected chi connectivity index (χ4v) is 3.54. The Morgan fingerprint density at radius 1 is 0.900 bits per heavy atom. The molecule has 3 aromatic rings. The number of hydrogen-bond acceptors (Lipinski definition) is 3. The molecule has 0 unspecified atom stereocenters. The zero-order chi connectivity index (χ0) is 20.1. The maximum atomic E-state index is 6.24. The number of pyridine rings is 1. The Morgan fingerprint density at radius 3 is 2.10 bits per heavy atom. The molecule has 2 aromatic carbocycles. The number of benzene rings is 2. The maximum Gasteiger partial charge on any atom is 0.119 e. The summed E-state index contributed by atoms with van der Waals surface area (Å²) in [5, 5.41) is 0. The van der Waals surface area contributed by atoms with Gasteiger partial charge in [-0.3, -0.25) is 4.98 Å². The normalized spacial score (nSPS) is 10.3. The van der Waals surface area contributed by atoms with Crippen molar-refractivity contribution in [1.29, 1.82) is 0 Å². The maximum absolute atomic E-state index is 6.24. The number of hydrogen-bond donors (Lipinski definition) is 1. The molecule has 0 atom stereocenters. The van der Waals surface area contributed by atoms with Crippen LogP contribution in [0.1, 0.15) is 41.9 Å². The van der Waals surface area contributed by atoms with Crippen molar-refractivity contribution < 1.29 is 4.74 Å². The van der Waals surface area contributed by atoms with E-state index in [9.17, 15) is 0 Å². The van der Waals surface area contributed by atoms with E-state index in [4.69, 9.17) is 15.5 Å². The number of ether oxygens (including phenoxy) is 1. The van der Waals surface area contributed by atoms with Crippen molar-refractivity contribution in [3.05, 3.63) is 82.7 Å². The van der Waals surface area contributed by atoms with Crippen LogP contribution in [0.5, 0.6) is 5.75 Å². The summed E-state index contributed by atoms with van der Waals surface area (Å²) in [7, 11) is 0. The van der Waals surface area contributed by atoms with Gasteiger partial charge in [0.05, 0.1) is 0 Å². The topological polar surface area (TPSA) is 48.1 Å². The number of aromatic nitrogens is 1. The molecule has 3 nitrogen and oxygen atoms in total. The number of nitrogens with two attached hydrogens (primary N) is 1. The van der Waals surface area contributed by atoms with Crippen LogP contribution in [0.15, 0.2) is 54.6 Å². The second-order valence-electron chi connectivity index (χ2n) is 7.75. The van der Waals surface area contributed by atoms with Gasteiger partial charge in [-0.1, -0.05) is 61.9 Å². The second kappa shape index (κ2) is 11.9. The fraction of sp³-hybridized carbons (Fsp3) is 0.320. The molecule has 0 fully saturated rings. The van der Waals surface area contributed by atoms with Crippen LogP contribution in [0.4, 0.5) is 0 Å². The van der Waals surface area contributed by atoms with Crippen LogP contribution in [0.2, 0.25) is 0 Å². The quantitative estimate of drug-likeness (QED) is 0.453. The van der Waals surface area contributed by atoms with Gasteiger partial charge < -0.3 is 10.5 Å². The van der Waals surface area contributed by atoms with Crippen LogP contribution in [-0.2, 0) is 19.6 Å². The van der Waals surface area contributed by atoms with Crippen molar-refractivity contribution in [3.8, 4) is 16.9 Å². The third kappa shape index (κ3) is 6.21. The molecule has 1 aromatic heterocycles. The van der Waals surface area contributed by atoms with Crippen LogP contribution in [0.25, 0.3) is 11.1 Å². The van der Waals surface area contributed by atoms with Crippen molar-refractivity contribution in [2.24, 2.45) is 11.7 Å². The highest BCUT2D eigenvalue weighted by Crippen LogP contribution is 2.33. The van der Waals surface area contributed by atoms with E-state index in [1.54, 1.807) is 0 Å². The van der Waals surface area contributed by atoms with Gasteiger partial charge in [0, 0.05) is 23.5 Å². The summed E-state index contributed by atoms with van der Waals surface area (Å²) in [6.45, 7) is 9.56. The fourth-order valence-electron chi connectivity index (χ4n) is 3.54. The van der Waals surface area contributed by atoms with E-state index in [-0.39, 0.29) is 24.8 Å². The van der Waals surface area contributed by atoms with Crippen molar-refractivity contribution >= 4 is 24.8 Å². The summed E-state index contributed by atoms with van der Waals surface area (Å²) < 4.78 is 6.10.